The average molecular weight is 230 g/mol. The molecule has 5 heteroatoms. The Morgan fingerprint density at radius 3 is 2.40 bits per heavy atom. The lowest BCUT2D eigenvalue weighted by molar-refractivity contribution is 0.282. The molecule has 1 rings (SSSR count). The molecule has 15 heavy (non-hydrogen) atoms. The van der Waals surface area contributed by atoms with E-state index in [2.05, 4.69) is 4.52 Å². The van der Waals surface area contributed by atoms with Gasteiger partial charge >= 0.3 is 7.82 Å². The molecular formula is C10H15O4P. The third-order valence-corrected chi connectivity index (χ3v) is 2.57. The van der Waals surface area contributed by atoms with Gasteiger partial charge in [0.25, 0.3) is 0 Å². The molecule has 1 aromatic carbocycles. The van der Waals surface area contributed by atoms with Crippen molar-refractivity contribution in [3.05, 3.63) is 29.3 Å². The molecule has 2 N–H and O–H groups in total. The van der Waals surface area contributed by atoms with Gasteiger partial charge in [0.2, 0.25) is 0 Å². The summed E-state index contributed by atoms with van der Waals surface area (Å²) in [4.78, 5) is 17.4. The third kappa shape index (κ3) is 3.67. The second kappa shape index (κ2) is 4.79. The quantitative estimate of drug-likeness (QED) is 0.779. The molecule has 0 spiro atoms. The summed E-state index contributed by atoms with van der Waals surface area (Å²) >= 11 is 0. The van der Waals surface area contributed by atoms with Crippen molar-refractivity contribution in [3.63, 3.8) is 0 Å². The third-order valence-electron chi connectivity index (χ3n) is 2.13. The molecule has 0 atom stereocenters. The predicted octanol–water partition coefficient (Wildman–Crippen LogP) is 2.28. The van der Waals surface area contributed by atoms with Crippen LogP contribution in [0.5, 0.6) is 5.75 Å². The zero-order valence-electron chi connectivity index (χ0n) is 8.80. The van der Waals surface area contributed by atoms with E-state index in [0.717, 1.165) is 17.5 Å². The van der Waals surface area contributed by atoms with Crippen LogP contribution >= 0.6 is 7.82 Å². The Morgan fingerprint density at radius 2 is 1.93 bits per heavy atom. The standard InChI is InChI=1S/C10H15O4P/c1-3-8-5-6-10(9(4-2)7-8)14-15(11,12)13/h5-7H,3-4H2,1-2H3,(H2,11,12,13). The van der Waals surface area contributed by atoms with Crippen LogP contribution in [0.3, 0.4) is 0 Å². The Bertz CT molecular complexity index is 383. The first-order valence-corrected chi connectivity index (χ1v) is 6.36. The van der Waals surface area contributed by atoms with Crippen LogP contribution in [0.2, 0.25) is 0 Å². The molecule has 1 aromatic rings. The van der Waals surface area contributed by atoms with E-state index in [1.807, 2.05) is 26.0 Å². The highest BCUT2D eigenvalue weighted by Gasteiger charge is 2.17. The summed E-state index contributed by atoms with van der Waals surface area (Å²) in [7, 11) is -4.45. The summed E-state index contributed by atoms with van der Waals surface area (Å²) in [5, 5.41) is 0. The fraction of sp³-hybridized carbons (Fsp3) is 0.400. The van der Waals surface area contributed by atoms with Gasteiger partial charge in [-0.1, -0.05) is 26.0 Å². The maximum absolute atomic E-state index is 10.7. The van der Waals surface area contributed by atoms with Gasteiger partial charge in [-0.05, 0) is 30.0 Å². The lowest BCUT2D eigenvalue weighted by Gasteiger charge is -2.11. The first-order chi connectivity index (χ1) is 6.96. The molecule has 0 aliphatic carbocycles. The Hall–Kier alpha value is -0.830. The lowest BCUT2D eigenvalue weighted by Crippen LogP contribution is -1.95. The summed E-state index contributed by atoms with van der Waals surface area (Å²) in [6.07, 6.45) is 1.58. The number of phosphoric acid groups is 1. The van der Waals surface area contributed by atoms with E-state index in [-0.39, 0.29) is 5.75 Å². The van der Waals surface area contributed by atoms with Gasteiger partial charge in [-0.25, -0.2) is 4.57 Å². The largest absolute Gasteiger partial charge is 0.524 e. The van der Waals surface area contributed by atoms with E-state index in [9.17, 15) is 4.57 Å². The molecule has 0 aliphatic rings. The predicted molar refractivity (Wildman–Crippen MR) is 57.9 cm³/mol. The fourth-order valence-electron chi connectivity index (χ4n) is 1.35. The van der Waals surface area contributed by atoms with Crippen LogP contribution < -0.4 is 4.52 Å². The molecule has 0 radical (unpaired) electrons. The van der Waals surface area contributed by atoms with Crippen molar-refractivity contribution in [1.82, 2.24) is 0 Å². The number of rotatable bonds is 4. The molecule has 0 unspecified atom stereocenters. The zero-order valence-corrected chi connectivity index (χ0v) is 9.70. The van der Waals surface area contributed by atoms with Gasteiger partial charge in [-0.3, -0.25) is 9.79 Å². The minimum absolute atomic E-state index is 0.267. The van der Waals surface area contributed by atoms with Gasteiger partial charge in [0.1, 0.15) is 5.75 Å². The molecule has 84 valence electrons. The second-order valence-corrected chi connectivity index (χ2v) is 4.39. The molecule has 0 saturated carbocycles. The van der Waals surface area contributed by atoms with Crippen LogP contribution in [0.25, 0.3) is 0 Å². The number of hydrogen-bond donors (Lipinski definition) is 2. The highest BCUT2D eigenvalue weighted by molar-refractivity contribution is 7.46. The normalized spacial score (nSPS) is 11.5. The Morgan fingerprint density at radius 1 is 1.27 bits per heavy atom. The molecule has 0 bridgehead atoms. The Labute approximate surface area is 89.1 Å². The van der Waals surface area contributed by atoms with Gasteiger partial charge in [0, 0.05) is 0 Å². The summed E-state index contributed by atoms with van der Waals surface area (Å²) in [5.74, 6) is 0.267. The molecule has 0 saturated heterocycles. The topological polar surface area (TPSA) is 66.8 Å². The smallest absolute Gasteiger partial charge is 0.404 e. The summed E-state index contributed by atoms with van der Waals surface area (Å²) in [6.45, 7) is 3.94. The minimum Gasteiger partial charge on any atom is -0.404 e. The molecule has 0 heterocycles. The highest BCUT2D eigenvalue weighted by atomic mass is 31.2. The van der Waals surface area contributed by atoms with Crippen molar-refractivity contribution in [2.45, 2.75) is 26.7 Å². The maximum atomic E-state index is 10.7. The number of aryl methyl sites for hydroxylation is 2. The number of benzene rings is 1. The SMILES string of the molecule is CCc1ccc(OP(=O)(O)O)c(CC)c1. The molecule has 0 aromatic heterocycles. The second-order valence-electron chi connectivity index (χ2n) is 3.23. The van der Waals surface area contributed by atoms with Gasteiger partial charge in [0.05, 0.1) is 0 Å². The Kier molecular flexibility index (Phi) is 3.91. The van der Waals surface area contributed by atoms with Crippen molar-refractivity contribution < 1.29 is 18.9 Å². The zero-order chi connectivity index (χ0) is 11.5. The highest BCUT2D eigenvalue weighted by Crippen LogP contribution is 2.39. The molecule has 4 nitrogen and oxygen atoms in total. The number of phosphoric ester groups is 1. The van der Waals surface area contributed by atoms with E-state index in [0.29, 0.717) is 6.42 Å². The van der Waals surface area contributed by atoms with Crippen LogP contribution in [0.15, 0.2) is 18.2 Å². The van der Waals surface area contributed by atoms with Crippen LogP contribution in [-0.2, 0) is 17.4 Å². The van der Waals surface area contributed by atoms with Crippen molar-refractivity contribution >= 4 is 7.82 Å². The van der Waals surface area contributed by atoms with Gasteiger partial charge in [-0.2, -0.15) is 0 Å². The maximum Gasteiger partial charge on any atom is 0.524 e. The van der Waals surface area contributed by atoms with Crippen molar-refractivity contribution in [2.24, 2.45) is 0 Å². The van der Waals surface area contributed by atoms with Crippen molar-refractivity contribution in [2.75, 3.05) is 0 Å². The summed E-state index contributed by atoms with van der Waals surface area (Å²) in [6, 6.07) is 5.33. The van der Waals surface area contributed by atoms with Crippen molar-refractivity contribution in [3.8, 4) is 5.75 Å². The average Bonchev–Trinajstić information content (AvgIpc) is 2.16. The van der Waals surface area contributed by atoms with Gasteiger partial charge in [0.15, 0.2) is 0 Å². The summed E-state index contributed by atoms with van der Waals surface area (Å²) in [5.41, 5.74) is 1.95. The molecule has 0 fully saturated rings. The molecular weight excluding hydrogens is 215 g/mol. The van der Waals surface area contributed by atoms with E-state index >= 15 is 0 Å². The molecule has 0 amide bonds. The van der Waals surface area contributed by atoms with Gasteiger partial charge in [-0.15, -0.1) is 0 Å². The minimum atomic E-state index is -4.45. The molecule has 0 aliphatic heterocycles. The van der Waals surface area contributed by atoms with Crippen molar-refractivity contribution in [1.29, 1.82) is 0 Å². The fourth-order valence-corrected chi connectivity index (χ4v) is 1.78. The van der Waals surface area contributed by atoms with Crippen LogP contribution in [0, 0.1) is 0 Å². The van der Waals surface area contributed by atoms with Gasteiger partial charge < -0.3 is 4.52 Å². The lowest BCUT2D eigenvalue weighted by atomic mass is 10.1. The van der Waals surface area contributed by atoms with Crippen LogP contribution in [0.1, 0.15) is 25.0 Å². The van der Waals surface area contributed by atoms with E-state index in [1.54, 1.807) is 6.07 Å². The van der Waals surface area contributed by atoms with Crippen LogP contribution in [-0.4, -0.2) is 9.79 Å². The van der Waals surface area contributed by atoms with E-state index in [1.165, 1.54) is 0 Å². The summed E-state index contributed by atoms with van der Waals surface area (Å²) < 4.78 is 15.3. The monoisotopic (exact) mass is 230 g/mol. The van der Waals surface area contributed by atoms with Crippen LogP contribution in [0.4, 0.5) is 0 Å². The first kappa shape index (κ1) is 12.2. The number of hydrogen-bond acceptors (Lipinski definition) is 2. The Balaban J connectivity index is 3.03. The van der Waals surface area contributed by atoms with E-state index < -0.39 is 7.82 Å². The first-order valence-electron chi connectivity index (χ1n) is 4.83. The van der Waals surface area contributed by atoms with E-state index in [4.69, 9.17) is 9.79 Å².